The Bertz CT molecular complexity index is 470. The first-order valence-electron chi connectivity index (χ1n) is 7.86. The van der Waals surface area contributed by atoms with Crippen molar-refractivity contribution in [3.8, 4) is 0 Å². The summed E-state index contributed by atoms with van der Waals surface area (Å²) in [6, 6.07) is 7.97. The van der Waals surface area contributed by atoms with E-state index >= 15 is 0 Å². The predicted octanol–water partition coefficient (Wildman–Crippen LogP) is 3.33. The van der Waals surface area contributed by atoms with Gasteiger partial charge in [-0.15, -0.1) is 0 Å². The summed E-state index contributed by atoms with van der Waals surface area (Å²) < 4.78 is 0. The topological polar surface area (TPSA) is 23.6 Å². The average molecular weight is 309 g/mol. The highest BCUT2D eigenvalue weighted by Gasteiger charge is 2.20. The molecule has 21 heavy (non-hydrogen) atoms. The van der Waals surface area contributed by atoms with Gasteiger partial charge in [-0.2, -0.15) is 0 Å². The molecule has 3 nitrogen and oxygen atoms in total. The molecule has 0 amide bonds. The summed E-state index contributed by atoms with van der Waals surface area (Å²) in [5.74, 6) is 0.143. The van der Waals surface area contributed by atoms with Gasteiger partial charge in [-0.3, -0.25) is 9.69 Å². The number of carbonyl (C=O) groups is 1. The van der Waals surface area contributed by atoms with Gasteiger partial charge < -0.3 is 4.90 Å². The highest BCUT2D eigenvalue weighted by molar-refractivity contribution is 6.33. The van der Waals surface area contributed by atoms with Gasteiger partial charge in [0.05, 0.1) is 5.02 Å². The number of benzene rings is 1. The van der Waals surface area contributed by atoms with E-state index < -0.39 is 0 Å². The molecule has 116 valence electrons. The fourth-order valence-electron chi connectivity index (χ4n) is 2.77. The molecular weight excluding hydrogens is 284 g/mol. The summed E-state index contributed by atoms with van der Waals surface area (Å²) in [6.45, 7) is 9.68. The number of hydrogen-bond acceptors (Lipinski definition) is 3. The number of halogens is 1. The van der Waals surface area contributed by atoms with Crippen molar-refractivity contribution < 1.29 is 4.79 Å². The molecular formula is C17H25ClN2O. The molecule has 1 unspecified atom stereocenters. The molecule has 1 aliphatic heterocycles. The maximum absolute atomic E-state index is 12.2. The first-order valence-corrected chi connectivity index (χ1v) is 8.23. The van der Waals surface area contributed by atoms with Crippen molar-refractivity contribution in [2.24, 2.45) is 0 Å². The van der Waals surface area contributed by atoms with Crippen molar-refractivity contribution in [1.82, 2.24) is 9.80 Å². The Morgan fingerprint density at radius 2 is 1.90 bits per heavy atom. The van der Waals surface area contributed by atoms with Crippen LogP contribution in [0.25, 0.3) is 0 Å². The van der Waals surface area contributed by atoms with Gasteiger partial charge in [0.15, 0.2) is 5.78 Å². The second kappa shape index (κ2) is 7.92. The number of rotatable bonds is 6. The lowest BCUT2D eigenvalue weighted by Crippen LogP contribution is -2.49. The summed E-state index contributed by atoms with van der Waals surface area (Å²) in [5.41, 5.74) is 0.650. The Morgan fingerprint density at radius 1 is 1.24 bits per heavy atom. The molecule has 0 radical (unpaired) electrons. The molecule has 1 aromatic rings. The number of piperazine rings is 1. The number of ketones is 1. The van der Waals surface area contributed by atoms with E-state index in [1.54, 1.807) is 6.07 Å². The third-order valence-corrected chi connectivity index (χ3v) is 4.78. The second-order valence-corrected chi connectivity index (χ2v) is 6.20. The first-order chi connectivity index (χ1) is 10.1. The third-order valence-electron chi connectivity index (χ3n) is 4.45. The van der Waals surface area contributed by atoms with Crippen molar-refractivity contribution in [3.63, 3.8) is 0 Å². The quantitative estimate of drug-likeness (QED) is 0.753. The molecule has 0 aliphatic carbocycles. The van der Waals surface area contributed by atoms with E-state index in [1.165, 1.54) is 6.42 Å². The summed E-state index contributed by atoms with van der Waals surface area (Å²) in [4.78, 5) is 17.1. The summed E-state index contributed by atoms with van der Waals surface area (Å²) in [7, 11) is 0. The van der Waals surface area contributed by atoms with Crippen LogP contribution in [-0.4, -0.2) is 54.3 Å². The van der Waals surface area contributed by atoms with E-state index in [0.717, 1.165) is 32.7 Å². The van der Waals surface area contributed by atoms with Crippen molar-refractivity contribution in [3.05, 3.63) is 34.9 Å². The van der Waals surface area contributed by atoms with Gasteiger partial charge in [0.25, 0.3) is 0 Å². The van der Waals surface area contributed by atoms with E-state index in [9.17, 15) is 4.79 Å². The molecule has 1 fully saturated rings. The minimum Gasteiger partial charge on any atom is -0.300 e. The van der Waals surface area contributed by atoms with Crippen LogP contribution in [-0.2, 0) is 0 Å². The molecule has 2 rings (SSSR count). The molecule has 1 atom stereocenters. The lowest BCUT2D eigenvalue weighted by molar-refractivity contribution is 0.0867. The molecule has 4 heteroatoms. The molecule has 1 saturated heterocycles. The third kappa shape index (κ3) is 4.53. The second-order valence-electron chi connectivity index (χ2n) is 5.79. The zero-order chi connectivity index (χ0) is 15.2. The molecule has 0 bridgehead atoms. The standard InChI is InChI=1S/C17H25ClN2O/c1-3-14(2)20-12-10-19(11-13-20)9-8-17(21)15-6-4-5-7-16(15)18/h4-7,14H,3,8-13H2,1-2H3. The largest absolute Gasteiger partial charge is 0.300 e. The maximum Gasteiger partial charge on any atom is 0.165 e. The van der Waals surface area contributed by atoms with Crippen molar-refractivity contribution in [2.75, 3.05) is 32.7 Å². The van der Waals surface area contributed by atoms with E-state index in [0.29, 0.717) is 23.0 Å². The van der Waals surface area contributed by atoms with Crippen LogP contribution in [0.2, 0.25) is 5.02 Å². The van der Waals surface area contributed by atoms with Crippen molar-refractivity contribution in [2.45, 2.75) is 32.7 Å². The maximum atomic E-state index is 12.2. The number of hydrogen-bond donors (Lipinski definition) is 0. The minimum absolute atomic E-state index is 0.143. The Morgan fingerprint density at radius 3 is 2.52 bits per heavy atom. The van der Waals surface area contributed by atoms with Gasteiger partial charge in [0.2, 0.25) is 0 Å². The molecule has 1 aliphatic rings. The lowest BCUT2D eigenvalue weighted by Gasteiger charge is -2.37. The normalized spacial score (nSPS) is 18.6. The number of carbonyl (C=O) groups excluding carboxylic acids is 1. The molecule has 0 saturated carbocycles. The lowest BCUT2D eigenvalue weighted by atomic mass is 10.1. The van der Waals surface area contributed by atoms with E-state index in [-0.39, 0.29) is 5.78 Å². The predicted molar refractivity (Wildman–Crippen MR) is 88.2 cm³/mol. The van der Waals surface area contributed by atoms with E-state index in [2.05, 4.69) is 23.6 Å². The van der Waals surface area contributed by atoms with Crippen LogP contribution in [0.1, 0.15) is 37.0 Å². The van der Waals surface area contributed by atoms with Crippen LogP contribution < -0.4 is 0 Å². The van der Waals surface area contributed by atoms with Gasteiger partial charge in [0, 0.05) is 50.7 Å². The summed E-state index contributed by atoms with van der Waals surface area (Å²) >= 11 is 6.07. The Kier molecular flexibility index (Phi) is 6.22. The van der Waals surface area contributed by atoms with E-state index in [1.807, 2.05) is 18.2 Å². The van der Waals surface area contributed by atoms with Crippen LogP contribution in [0.3, 0.4) is 0 Å². The highest BCUT2D eigenvalue weighted by atomic mass is 35.5. The van der Waals surface area contributed by atoms with Crippen molar-refractivity contribution in [1.29, 1.82) is 0 Å². The number of nitrogens with zero attached hydrogens (tertiary/aromatic N) is 2. The molecule has 1 heterocycles. The fraction of sp³-hybridized carbons (Fsp3) is 0.588. The number of Topliss-reactive ketones (excluding diaryl/α,β-unsaturated/α-hetero) is 1. The van der Waals surface area contributed by atoms with Gasteiger partial charge >= 0.3 is 0 Å². The van der Waals surface area contributed by atoms with Gasteiger partial charge in [-0.05, 0) is 25.5 Å². The van der Waals surface area contributed by atoms with Gasteiger partial charge in [0.1, 0.15) is 0 Å². The zero-order valence-corrected chi connectivity index (χ0v) is 13.8. The van der Waals surface area contributed by atoms with Gasteiger partial charge in [-0.1, -0.05) is 30.7 Å². The molecule has 0 N–H and O–H groups in total. The zero-order valence-electron chi connectivity index (χ0n) is 13.0. The average Bonchev–Trinajstić information content (AvgIpc) is 2.52. The Labute approximate surface area is 132 Å². The summed E-state index contributed by atoms with van der Waals surface area (Å²) in [6.07, 6.45) is 1.75. The monoisotopic (exact) mass is 308 g/mol. The Balaban J connectivity index is 1.77. The molecule has 1 aromatic carbocycles. The van der Waals surface area contributed by atoms with Crippen LogP contribution >= 0.6 is 11.6 Å². The fourth-order valence-corrected chi connectivity index (χ4v) is 3.01. The van der Waals surface area contributed by atoms with Crippen LogP contribution in [0.5, 0.6) is 0 Å². The molecule has 0 aromatic heterocycles. The first kappa shape index (κ1) is 16.5. The Hall–Kier alpha value is -0.900. The summed E-state index contributed by atoms with van der Waals surface area (Å²) in [5, 5.41) is 0.559. The highest BCUT2D eigenvalue weighted by Crippen LogP contribution is 2.17. The molecule has 0 spiro atoms. The van der Waals surface area contributed by atoms with Crippen LogP contribution in [0, 0.1) is 0 Å². The SMILES string of the molecule is CCC(C)N1CCN(CCC(=O)c2ccccc2Cl)CC1. The van der Waals surface area contributed by atoms with Crippen LogP contribution in [0.4, 0.5) is 0 Å². The van der Waals surface area contributed by atoms with Crippen LogP contribution in [0.15, 0.2) is 24.3 Å². The van der Waals surface area contributed by atoms with E-state index in [4.69, 9.17) is 11.6 Å². The minimum atomic E-state index is 0.143. The smallest absolute Gasteiger partial charge is 0.165 e. The van der Waals surface area contributed by atoms with Crippen molar-refractivity contribution >= 4 is 17.4 Å². The van der Waals surface area contributed by atoms with Gasteiger partial charge in [-0.25, -0.2) is 0 Å².